The Labute approximate surface area is 74.8 Å². The third kappa shape index (κ3) is 0.591. The van der Waals surface area contributed by atoms with Crippen molar-refractivity contribution in [3.63, 3.8) is 0 Å². The third-order valence-electron chi connectivity index (χ3n) is 2.57. The Morgan fingerprint density at radius 3 is 2.92 bits per heavy atom. The maximum Gasteiger partial charge on any atom is 0.239 e. The molecule has 0 bridgehead atoms. The molecule has 0 fully saturated rings. The molecule has 1 aromatic carbocycles. The lowest BCUT2D eigenvalue weighted by Gasteiger charge is -2.06. The van der Waals surface area contributed by atoms with Gasteiger partial charge in [-0.05, 0) is 12.1 Å². The maximum absolute atomic E-state index is 11.2. The minimum atomic E-state index is -0.698. The van der Waals surface area contributed by atoms with Gasteiger partial charge in [-0.1, -0.05) is 18.2 Å². The maximum atomic E-state index is 11.2. The van der Waals surface area contributed by atoms with Crippen LogP contribution in [0.4, 0.5) is 0 Å². The lowest BCUT2D eigenvalue weighted by Crippen LogP contribution is -2.29. The van der Waals surface area contributed by atoms with E-state index in [4.69, 9.17) is 10.5 Å². The minimum Gasteiger partial charge on any atom is -0.460 e. The Morgan fingerprint density at radius 2 is 2.15 bits per heavy atom. The highest BCUT2D eigenvalue weighted by Crippen LogP contribution is 2.56. The van der Waals surface area contributed by atoms with Crippen molar-refractivity contribution in [3.8, 4) is 5.75 Å². The number of amides is 1. The van der Waals surface area contributed by atoms with Crippen LogP contribution in [0.15, 0.2) is 36.1 Å². The quantitative estimate of drug-likeness (QED) is 0.679. The van der Waals surface area contributed by atoms with Crippen molar-refractivity contribution in [1.82, 2.24) is 0 Å². The number of hydrogen-bond donors (Lipinski definition) is 1. The van der Waals surface area contributed by atoms with E-state index in [9.17, 15) is 4.79 Å². The summed E-state index contributed by atoms with van der Waals surface area (Å²) in [7, 11) is 0. The van der Waals surface area contributed by atoms with Gasteiger partial charge in [-0.15, -0.1) is 0 Å². The average molecular weight is 173 g/mol. The molecule has 1 aliphatic carbocycles. The second kappa shape index (κ2) is 1.76. The molecule has 3 heteroatoms. The van der Waals surface area contributed by atoms with E-state index in [1.807, 2.05) is 24.3 Å². The molecule has 2 N–H and O–H groups in total. The zero-order valence-corrected chi connectivity index (χ0v) is 6.78. The molecule has 0 spiro atoms. The first-order valence-electron chi connectivity index (χ1n) is 4.06. The van der Waals surface area contributed by atoms with Crippen LogP contribution < -0.4 is 10.5 Å². The molecule has 2 aliphatic rings. The highest BCUT2D eigenvalue weighted by molar-refractivity contribution is 6.00. The normalized spacial score (nSPS) is 26.9. The molecule has 1 heterocycles. The smallest absolute Gasteiger partial charge is 0.239 e. The Bertz CT molecular complexity index is 450. The fraction of sp³-hybridized carbons (Fsp3) is 0.100. The average Bonchev–Trinajstić information content (AvgIpc) is 2.75. The van der Waals surface area contributed by atoms with E-state index < -0.39 is 5.41 Å². The largest absolute Gasteiger partial charge is 0.460 e. The molecule has 1 unspecified atom stereocenters. The molecular weight excluding hydrogens is 166 g/mol. The molecule has 1 aliphatic heterocycles. The summed E-state index contributed by atoms with van der Waals surface area (Å²) < 4.78 is 5.41. The molecule has 64 valence electrons. The Balaban J connectivity index is 2.21. The van der Waals surface area contributed by atoms with Gasteiger partial charge in [0, 0.05) is 5.56 Å². The van der Waals surface area contributed by atoms with E-state index >= 15 is 0 Å². The van der Waals surface area contributed by atoms with E-state index in [0.29, 0.717) is 5.76 Å². The number of para-hydroxylation sites is 1. The Hall–Kier alpha value is -1.77. The third-order valence-corrected chi connectivity index (χ3v) is 2.57. The van der Waals surface area contributed by atoms with Crippen LogP contribution in [0.5, 0.6) is 5.75 Å². The van der Waals surface area contributed by atoms with Gasteiger partial charge >= 0.3 is 0 Å². The van der Waals surface area contributed by atoms with Crippen molar-refractivity contribution >= 4 is 5.91 Å². The van der Waals surface area contributed by atoms with Crippen molar-refractivity contribution in [2.24, 2.45) is 5.73 Å². The number of benzene rings is 1. The number of carbonyl (C=O) groups excluding carboxylic acids is 1. The van der Waals surface area contributed by atoms with Gasteiger partial charge in [0.25, 0.3) is 0 Å². The van der Waals surface area contributed by atoms with Gasteiger partial charge in [0.15, 0.2) is 5.41 Å². The summed E-state index contributed by atoms with van der Waals surface area (Å²) in [5, 5.41) is 0. The number of carbonyl (C=O) groups is 1. The van der Waals surface area contributed by atoms with Crippen molar-refractivity contribution in [2.45, 2.75) is 5.41 Å². The fourth-order valence-electron chi connectivity index (χ4n) is 1.81. The molecule has 1 atom stereocenters. The molecule has 13 heavy (non-hydrogen) atoms. The van der Waals surface area contributed by atoms with E-state index in [1.54, 1.807) is 6.08 Å². The van der Waals surface area contributed by atoms with E-state index in [0.717, 1.165) is 11.3 Å². The number of rotatable bonds is 1. The lowest BCUT2D eigenvalue weighted by atomic mass is 9.93. The van der Waals surface area contributed by atoms with Crippen LogP contribution in [-0.4, -0.2) is 5.91 Å². The van der Waals surface area contributed by atoms with E-state index in [-0.39, 0.29) is 5.91 Å². The van der Waals surface area contributed by atoms with Crippen LogP contribution in [-0.2, 0) is 10.2 Å². The second-order valence-corrected chi connectivity index (χ2v) is 3.28. The number of hydrogen-bond acceptors (Lipinski definition) is 2. The summed E-state index contributed by atoms with van der Waals surface area (Å²) in [6.07, 6.45) is 1.76. The van der Waals surface area contributed by atoms with Gasteiger partial charge in [-0.2, -0.15) is 0 Å². The topological polar surface area (TPSA) is 52.3 Å². The molecule has 1 amide bonds. The van der Waals surface area contributed by atoms with Crippen LogP contribution in [0.25, 0.3) is 0 Å². The predicted octanol–water partition coefficient (Wildman–Crippen LogP) is 0.700. The van der Waals surface area contributed by atoms with E-state index in [2.05, 4.69) is 0 Å². The van der Waals surface area contributed by atoms with Crippen LogP contribution in [0.1, 0.15) is 5.56 Å². The van der Waals surface area contributed by atoms with Crippen molar-refractivity contribution in [3.05, 3.63) is 41.7 Å². The van der Waals surface area contributed by atoms with Crippen LogP contribution in [0, 0.1) is 0 Å². The summed E-state index contributed by atoms with van der Waals surface area (Å²) in [6, 6.07) is 7.46. The van der Waals surface area contributed by atoms with Gasteiger partial charge in [0.2, 0.25) is 5.91 Å². The summed E-state index contributed by atoms with van der Waals surface area (Å²) in [5.74, 6) is 1.08. The highest BCUT2D eigenvalue weighted by Gasteiger charge is 2.59. The Morgan fingerprint density at radius 1 is 1.38 bits per heavy atom. The first-order chi connectivity index (χ1) is 6.25. The molecule has 1 aromatic rings. The minimum absolute atomic E-state index is 0.354. The molecule has 0 aromatic heterocycles. The summed E-state index contributed by atoms with van der Waals surface area (Å²) in [5.41, 5.74) is 5.49. The molecule has 0 saturated carbocycles. The summed E-state index contributed by atoms with van der Waals surface area (Å²) in [6.45, 7) is 0. The molecule has 0 saturated heterocycles. The van der Waals surface area contributed by atoms with Gasteiger partial charge in [-0.3, -0.25) is 4.79 Å². The van der Waals surface area contributed by atoms with Crippen molar-refractivity contribution in [1.29, 1.82) is 0 Å². The number of primary amides is 1. The molecule has 0 radical (unpaired) electrons. The summed E-state index contributed by atoms with van der Waals surface area (Å²) in [4.78, 5) is 11.2. The van der Waals surface area contributed by atoms with Gasteiger partial charge < -0.3 is 10.5 Å². The number of fused-ring (bicyclic) bond motifs is 3. The predicted molar refractivity (Wildman–Crippen MR) is 46.0 cm³/mol. The monoisotopic (exact) mass is 173 g/mol. The number of nitrogens with two attached hydrogens (primary N) is 1. The van der Waals surface area contributed by atoms with Gasteiger partial charge in [0.1, 0.15) is 11.5 Å². The Kier molecular flexibility index (Phi) is 0.911. The van der Waals surface area contributed by atoms with Gasteiger partial charge in [0.05, 0.1) is 0 Å². The highest BCUT2D eigenvalue weighted by atomic mass is 16.5. The first kappa shape index (κ1) is 6.71. The van der Waals surface area contributed by atoms with Crippen molar-refractivity contribution < 1.29 is 9.53 Å². The van der Waals surface area contributed by atoms with Gasteiger partial charge in [-0.25, -0.2) is 0 Å². The first-order valence-corrected chi connectivity index (χ1v) is 4.06. The van der Waals surface area contributed by atoms with Crippen LogP contribution in [0.2, 0.25) is 0 Å². The SMILES string of the molecule is NC(=O)C12C=C1Oc1ccccc12. The summed E-state index contributed by atoms with van der Waals surface area (Å²) >= 11 is 0. The van der Waals surface area contributed by atoms with Crippen LogP contribution in [0.3, 0.4) is 0 Å². The second-order valence-electron chi connectivity index (χ2n) is 3.28. The standard InChI is InChI=1S/C10H7NO2/c11-9(12)10-5-8(10)13-7-4-2-1-3-6(7)10/h1-5H,(H2,11,12). The fourth-order valence-corrected chi connectivity index (χ4v) is 1.81. The zero-order chi connectivity index (χ0) is 9.05. The number of ether oxygens (including phenoxy) is 1. The van der Waals surface area contributed by atoms with E-state index in [1.165, 1.54) is 0 Å². The zero-order valence-electron chi connectivity index (χ0n) is 6.78. The van der Waals surface area contributed by atoms with Crippen molar-refractivity contribution in [2.75, 3.05) is 0 Å². The molecule has 3 nitrogen and oxygen atoms in total. The van der Waals surface area contributed by atoms with Crippen LogP contribution >= 0.6 is 0 Å². The molecule has 3 rings (SSSR count). The lowest BCUT2D eigenvalue weighted by molar-refractivity contribution is -0.119. The molecular formula is C10H7NO2.